The minimum absolute atomic E-state index is 0.0806. The van der Waals surface area contributed by atoms with E-state index in [4.69, 9.17) is 10.2 Å². The van der Waals surface area contributed by atoms with Crippen molar-refractivity contribution in [3.8, 4) is 0 Å². The highest BCUT2D eigenvalue weighted by atomic mass is 16.4. The summed E-state index contributed by atoms with van der Waals surface area (Å²) < 4.78 is 0. The summed E-state index contributed by atoms with van der Waals surface area (Å²) in [6.45, 7) is 6.31. The van der Waals surface area contributed by atoms with Crippen LogP contribution in [0.5, 0.6) is 0 Å². The summed E-state index contributed by atoms with van der Waals surface area (Å²) in [4.78, 5) is 10.2. The lowest BCUT2D eigenvalue weighted by atomic mass is 9.88. The molecular formula is C15H24O4. The van der Waals surface area contributed by atoms with Gasteiger partial charge in [0.05, 0.1) is 11.7 Å². The Kier molecular flexibility index (Phi) is 8.03. The zero-order valence-corrected chi connectivity index (χ0v) is 11.8. The lowest BCUT2D eigenvalue weighted by molar-refractivity contribution is 0.0696. The second-order valence-electron chi connectivity index (χ2n) is 5.60. The number of rotatable bonds is 4. The van der Waals surface area contributed by atoms with Crippen LogP contribution in [0, 0.1) is 5.41 Å². The average Bonchev–Trinajstić information content (AvgIpc) is 2.29. The zero-order valence-electron chi connectivity index (χ0n) is 11.8. The first-order valence-electron chi connectivity index (χ1n) is 6.33. The third-order valence-corrected chi connectivity index (χ3v) is 2.33. The molecule has 1 aromatic rings. The van der Waals surface area contributed by atoms with Crippen molar-refractivity contribution in [1.82, 2.24) is 0 Å². The van der Waals surface area contributed by atoms with Gasteiger partial charge in [0.1, 0.15) is 0 Å². The summed E-state index contributed by atoms with van der Waals surface area (Å²) in [5, 5.41) is 26.1. The number of carbonyl (C=O) groups is 1. The normalized spacial score (nSPS) is 12.3. The Bertz CT molecular complexity index is 354. The van der Waals surface area contributed by atoms with Gasteiger partial charge in [0.2, 0.25) is 0 Å². The highest BCUT2D eigenvalue weighted by Gasteiger charge is 2.15. The minimum Gasteiger partial charge on any atom is -0.478 e. The van der Waals surface area contributed by atoms with E-state index >= 15 is 0 Å². The first kappa shape index (κ1) is 17.6. The Morgan fingerprint density at radius 3 is 2.05 bits per heavy atom. The molecule has 0 saturated heterocycles. The molecule has 0 bridgehead atoms. The van der Waals surface area contributed by atoms with Crippen LogP contribution < -0.4 is 0 Å². The van der Waals surface area contributed by atoms with Gasteiger partial charge in [-0.1, -0.05) is 39.0 Å². The summed E-state index contributed by atoms with van der Waals surface area (Å²) in [5.41, 5.74) is 0.492. The van der Waals surface area contributed by atoms with Crippen molar-refractivity contribution in [3.05, 3.63) is 35.9 Å². The molecule has 4 nitrogen and oxygen atoms in total. The molecule has 0 spiro atoms. The minimum atomic E-state index is -0.879. The molecule has 0 radical (unpaired) electrons. The van der Waals surface area contributed by atoms with Crippen molar-refractivity contribution in [1.29, 1.82) is 0 Å². The molecule has 0 fully saturated rings. The molecule has 0 aliphatic heterocycles. The van der Waals surface area contributed by atoms with Crippen LogP contribution >= 0.6 is 0 Å². The number of carboxylic acid groups (broad SMARTS) is 1. The maximum absolute atomic E-state index is 10.2. The predicted molar refractivity (Wildman–Crippen MR) is 75.2 cm³/mol. The summed E-state index contributed by atoms with van der Waals surface area (Å²) >= 11 is 0. The second kappa shape index (κ2) is 8.67. The smallest absolute Gasteiger partial charge is 0.335 e. The molecular weight excluding hydrogens is 244 g/mol. The average molecular weight is 268 g/mol. The fourth-order valence-electron chi connectivity index (χ4n) is 1.54. The molecule has 4 heteroatoms. The molecule has 0 amide bonds. The SMILES string of the molecule is CC(C)(C)CC(O)CCO.O=C(O)c1ccccc1. The molecule has 0 aromatic heterocycles. The summed E-state index contributed by atoms with van der Waals surface area (Å²) in [6.07, 6.45) is 0.912. The molecule has 0 saturated carbocycles. The van der Waals surface area contributed by atoms with Crippen LogP contribution in [-0.4, -0.2) is 34.0 Å². The van der Waals surface area contributed by atoms with E-state index in [-0.39, 0.29) is 18.1 Å². The third-order valence-electron chi connectivity index (χ3n) is 2.33. The van der Waals surface area contributed by atoms with Crippen LogP contribution in [0.3, 0.4) is 0 Å². The van der Waals surface area contributed by atoms with Crippen LogP contribution in [0.25, 0.3) is 0 Å². The molecule has 0 heterocycles. The van der Waals surface area contributed by atoms with Gasteiger partial charge in [-0.15, -0.1) is 0 Å². The third kappa shape index (κ3) is 10.2. The summed E-state index contributed by atoms with van der Waals surface area (Å²) in [6, 6.07) is 8.30. The maximum Gasteiger partial charge on any atom is 0.335 e. The van der Waals surface area contributed by atoms with E-state index in [9.17, 15) is 9.90 Å². The molecule has 19 heavy (non-hydrogen) atoms. The van der Waals surface area contributed by atoms with Gasteiger partial charge in [0.25, 0.3) is 0 Å². The topological polar surface area (TPSA) is 77.8 Å². The van der Waals surface area contributed by atoms with Crippen molar-refractivity contribution in [2.75, 3.05) is 6.61 Å². The van der Waals surface area contributed by atoms with Gasteiger partial charge in [0.15, 0.2) is 0 Å². The van der Waals surface area contributed by atoms with E-state index in [0.29, 0.717) is 12.0 Å². The number of aromatic carboxylic acids is 1. The molecule has 3 N–H and O–H groups in total. The van der Waals surface area contributed by atoms with Crippen LogP contribution in [0.1, 0.15) is 44.0 Å². The Morgan fingerprint density at radius 2 is 1.74 bits per heavy atom. The van der Waals surface area contributed by atoms with Crippen molar-refractivity contribution >= 4 is 5.97 Å². The van der Waals surface area contributed by atoms with Crippen molar-refractivity contribution in [3.63, 3.8) is 0 Å². The Hall–Kier alpha value is -1.39. The number of hydrogen-bond donors (Lipinski definition) is 3. The van der Waals surface area contributed by atoms with E-state index in [1.54, 1.807) is 30.3 Å². The lowest BCUT2D eigenvalue weighted by Gasteiger charge is -2.21. The van der Waals surface area contributed by atoms with E-state index < -0.39 is 5.97 Å². The molecule has 1 aromatic carbocycles. The van der Waals surface area contributed by atoms with Crippen molar-refractivity contribution < 1.29 is 20.1 Å². The van der Waals surface area contributed by atoms with E-state index in [1.807, 2.05) is 0 Å². The second-order valence-corrected chi connectivity index (χ2v) is 5.60. The molecule has 1 atom stereocenters. The number of hydrogen-bond acceptors (Lipinski definition) is 3. The summed E-state index contributed by atoms with van der Waals surface area (Å²) in [7, 11) is 0. The Labute approximate surface area is 114 Å². The molecule has 0 aliphatic carbocycles. The van der Waals surface area contributed by atoms with Crippen LogP contribution in [0.2, 0.25) is 0 Å². The van der Waals surface area contributed by atoms with E-state index in [2.05, 4.69) is 20.8 Å². The zero-order chi connectivity index (χ0) is 14.9. The van der Waals surface area contributed by atoms with Gasteiger partial charge in [-0.2, -0.15) is 0 Å². The van der Waals surface area contributed by atoms with Crippen LogP contribution in [0.15, 0.2) is 30.3 Å². The Morgan fingerprint density at radius 1 is 1.21 bits per heavy atom. The predicted octanol–water partition coefficient (Wildman–Crippen LogP) is 2.55. The highest BCUT2D eigenvalue weighted by Crippen LogP contribution is 2.21. The Balaban J connectivity index is 0.000000342. The van der Waals surface area contributed by atoms with Gasteiger partial charge in [0, 0.05) is 6.61 Å². The van der Waals surface area contributed by atoms with Crippen molar-refractivity contribution in [2.45, 2.75) is 39.7 Å². The quantitative estimate of drug-likeness (QED) is 0.784. The number of carboxylic acids is 1. The van der Waals surface area contributed by atoms with Gasteiger partial charge in [-0.3, -0.25) is 0 Å². The van der Waals surface area contributed by atoms with Gasteiger partial charge >= 0.3 is 5.97 Å². The summed E-state index contributed by atoms with van der Waals surface area (Å²) in [5.74, 6) is -0.879. The van der Waals surface area contributed by atoms with Crippen LogP contribution in [-0.2, 0) is 0 Å². The number of aliphatic hydroxyl groups is 2. The largest absolute Gasteiger partial charge is 0.478 e. The van der Waals surface area contributed by atoms with Crippen LogP contribution in [0.4, 0.5) is 0 Å². The fourth-order valence-corrected chi connectivity index (χ4v) is 1.54. The van der Waals surface area contributed by atoms with E-state index in [0.717, 1.165) is 6.42 Å². The van der Waals surface area contributed by atoms with Gasteiger partial charge in [-0.25, -0.2) is 4.79 Å². The number of aliphatic hydroxyl groups excluding tert-OH is 2. The lowest BCUT2D eigenvalue weighted by Crippen LogP contribution is -2.18. The van der Waals surface area contributed by atoms with Gasteiger partial charge in [-0.05, 0) is 30.4 Å². The number of benzene rings is 1. The fraction of sp³-hybridized carbons (Fsp3) is 0.533. The maximum atomic E-state index is 10.2. The monoisotopic (exact) mass is 268 g/mol. The highest BCUT2D eigenvalue weighted by molar-refractivity contribution is 5.87. The van der Waals surface area contributed by atoms with Crippen molar-refractivity contribution in [2.24, 2.45) is 5.41 Å². The molecule has 0 aliphatic rings. The van der Waals surface area contributed by atoms with Gasteiger partial charge < -0.3 is 15.3 Å². The van der Waals surface area contributed by atoms with E-state index in [1.165, 1.54) is 0 Å². The molecule has 1 rings (SSSR count). The first-order chi connectivity index (χ1) is 8.76. The molecule has 108 valence electrons. The molecule has 1 unspecified atom stereocenters. The standard InChI is InChI=1S/C8H18O2.C7H6O2/c1-8(2,3)6-7(10)4-5-9;8-7(9)6-4-2-1-3-5-6/h7,9-10H,4-6H2,1-3H3;1-5H,(H,8,9). The first-order valence-corrected chi connectivity index (χ1v) is 6.33.